The fourth-order valence-corrected chi connectivity index (χ4v) is 2.51. The van der Waals surface area contributed by atoms with E-state index < -0.39 is 0 Å². The van der Waals surface area contributed by atoms with E-state index in [1.54, 1.807) is 0 Å². The molecule has 0 radical (unpaired) electrons. The lowest BCUT2D eigenvalue weighted by Gasteiger charge is -2.11. The van der Waals surface area contributed by atoms with Crippen molar-refractivity contribution in [3.63, 3.8) is 0 Å². The van der Waals surface area contributed by atoms with E-state index in [-0.39, 0.29) is 0 Å². The summed E-state index contributed by atoms with van der Waals surface area (Å²) in [6.45, 7) is 4.50. The van der Waals surface area contributed by atoms with Gasteiger partial charge in [0.05, 0.1) is 5.52 Å². The van der Waals surface area contributed by atoms with Crippen molar-refractivity contribution in [2.24, 2.45) is 11.1 Å². The van der Waals surface area contributed by atoms with Gasteiger partial charge in [0.25, 0.3) is 0 Å². The molecule has 1 unspecified atom stereocenters. The molecule has 1 aromatic heterocycles. The largest absolute Gasteiger partial charge is 0.389 e. The van der Waals surface area contributed by atoms with Crippen molar-refractivity contribution in [1.82, 2.24) is 4.98 Å². The molecule has 0 aliphatic heterocycles. The minimum atomic E-state index is 0.358. The summed E-state index contributed by atoms with van der Waals surface area (Å²) in [7, 11) is 0. The Balaban J connectivity index is 2.04. The summed E-state index contributed by atoms with van der Waals surface area (Å²) in [5, 5.41) is 4.48. The van der Waals surface area contributed by atoms with Crippen LogP contribution in [-0.4, -0.2) is 16.0 Å². The first-order chi connectivity index (χ1) is 8.97. The fourth-order valence-electron chi connectivity index (χ4n) is 2.35. The van der Waals surface area contributed by atoms with Gasteiger partial charge in [0.2, 0.25) is 0 Å². The molecule has 3 nitrogen and oxygen atoms in total. The van der Waals surface area contributed by atoms with Crippen molar-refractivity contribution in [3.05, 3.63) is 35.9 Å². The van der Waals surface area contributed by atoms with Crippen LogP contribution in [0.5, 0.6) is 0 Å². The summed E-state index contributed by atoms with van der Waals surface area (Å²) in [5.74, 6) is 0.858. The smallest absolute Gasteiger partial charge is 0.127 e. The van der Waals surface area contributed by atoms with Crippen LogP contribution in [0.1, 0.15) is 25.8 Å². The topological polar surface area (TPSA) is 50.9 Å². The quantitative estimate of drug-likeness (QED) is 0.842. The van der Waals surface area contributed by atoms with Gasteiger partial charge < -0.3 is 11.1 Å². The minimum absolute atomic E-state index is 0.358. The fraction of sp³-hybridized carbons (Fsp3) is 0.333. The maximum Gasteiger partial charge on any atom is 0.127 e. The number of hydrogen-bond acceptors (Lipinski definition) is 3. The number of hydrogen-bond donors (Lipinski definition) is 2. The Morgan fingerprint density at radius 1 is 1.42 bits per heavy atom. The van der Waals surface area contributed by atoms with Gasteiger partial charge in [-0.3, -0.25) is 0 Å². The van der Waals surface area contributed by atoms with Gasteiger partial charge in [-0.05, 0) is 24.0 Å². The van der Waals surface area contributed by atoms with E-state index in [1.807, 2.05) is 30.3 Å². The number of nitrogens with two attached hydrogens (primary N) is 1. The molecule has 0 saturated heterocycles. The van der Waals surface area contributed by atoms with Gasteiger partial charge in [-0.25, -0.2) is 4.98 Å². The van der Waals surface area contributed by atoms with Crippen LogP contribution in [0.15, 0.2) is 30.3 Å². The van der Waals surface area contributed by atoms with Gasteiger partial charge in [-0.15, -0.1) is 0 Å². The van der Waals surface area contributed by atoms with Gasteiger partial charge in [-0.2, -0.15) is 0 Å². The van der Waals surface area contributed by atoms with E-state index in [1.165, 1.54) is 6.42 Å². The van der Waals surface area contributed by atoms with Crippen molar-refractivity contribution in [3.8, 4) is 0 Å². The lowest BCUT2D eigenvalue weighted by atomic mass is 10.1. The Morgan fingerprint density at radius 2 is 2.11 bits per heavy atom. The van der Waals surface area contributed by atoms with Crippen LogP contribution in [0.3, 0.4) is 0 Å². The van der Waals surface area contributed by atoms with Crippen molar-refractivity contribution >= 4 is 33.9 Å². The molecule has 1 fully saturated rings. The molecule has 1 aliphatic rings. The maximum absolute atomic E-state index is 5.82. The zero-order valence-electron chi connectivity index (χ0n) is 11.1. The number of pyridine rings is 1. The van der Waals surface area contributed by atoms with E-state index in [0.29, 0.717) is 16.4 Å². The monoisotopic (exact) mass is 271 g/mol. The van der Waals surface area contributed by atoms with Gasteiger partial charge in [0.1, 0.15) is 10.8 Å². The van der Waals surface area contributed by atoms with Crippen molar-refractivity contribution in [1.29, 1.82) is 0 Å². The van der Waals surface area contributed by atoms with Crippen LogP contribution in [0, 0.1) is 5.41 Å². The number of benzene rings is 1. The van der Waals surface area contributed by atoms with Crippen LogP contribution >= 0.6 is 12.2 Å². The first kappa shape index (κ1) is 12.4. The van der Waals surface area contributed by atoms with Gasteiger partial charge in [-0.1, -0.05) is 44.3 Å². The molecule has 1 aliphatic carbocycles. The predicted molar refractivity (Wildman–Crippen MR) is 83.4 cm³/mol. The Kier molecular flexibility index (Phi) is 2.71. The van der Waals surface area contributed by atoms with E-state index in [0.717, 1.165) is 22.3 Å². The average molecular weight is 271 g/mol. The number of aromatic nitrogens is 1. The Bertz CT molecular complexity index is 663. The molecule has 0 bridgehead atoms. The molecule has 2 aromatic rings. The van der Waals surface area contributed by atoms with Crippen LogP contribution in [0.25, 0.3) is 10.9 Å². The van der Waals surface area contributed by atoms with Crippen LogP contribution < -0.4 is 11.1 Å². The highest BCUT2D eigenvalue weighted by Gasteiger charge is 2.45. The first-order valence-electron chi connectivity index (χ1n) is 6.43. The van der Waals surface area contributed by atoms with Crippen molar-refractivity contribution in [2.75, 3.05) is 5.32 Å². The predicted octanol–water partition coefficient (Wildman–Crippen LogP) is 3.08. The molecule has 3 N–H and O–H groups in total. The molecule has 3 rings (SSSR count). The van der Waals surface area contributed by atoms with E-state index in [4.69, 9.17) is 18.0 Å². The van der Waals surface area contributed by atoms with Gasteiger partial charge in [0.15, 0.2) is 0 Å². The summed E-state index contributed by atoms with van der Waals surface area (Å²) in [6, 6.07) is 10.4. The summed E-state index contributed by atoms with van der Waals surface area (Å²) < 4.78 is 0. The van der Waals surface area contributed by atoms with E-state index in [9.17, 15) is 0 Å². The second-order valence-electron chi connectivity index (χ2n) is 5.83. The molecule has 19 heavy (non-hydrogen) atoms. The zero-order valence-corrected chi connectivity index (χ0v) is 11.9. The molecule has 1 heterocycles. The Morgan fingerprint density at radius 3 is 2.74 bits per heavy atom. The second-order valence-corrected chi connectivity index (χ2v) is 6.27. The Labute approximate surface area is 118 Å². The molecule has 0 amide bonds. The molecular formula is C15H17N3S. The number of thiocarbonyl (C=S) groups is 1. The summed E-state index contributed by atoms with van der Waals surface area (Å²) in [4.78, 5) is 5.05. The number of anilines is 1. The SMILES string of the molecule is CC1(C)CC1Nc1cc(C(N)=S)c2ccccc2n1. The highest BCUT2D eigenvalue weighted by atomic mass is 32.1. The lowest BCUT2D eigenvalue weighted by Crippen LogP contribution is -2.14. The molecular weight excluding hydrogens is 254 g/mol. The van der Waals surface area contributed by atoms with E-state index >= 15 is 0 Å². The highest BCUT2D eigenvalue weighted by molar-refractivity contribution is 7.80. The Hall–Kier alpha value is -1.68. The summed E-state index contributed by atoms with van der Waals surface area (Å²) >= 11 is 5.15. The number of para-hydroxylation sites is 1. The van der Waals surface area contributed by atoms with Crippen LogP contribution in [0.4, 0.5) is 5.82 Å². The molecule has 98 valence electrons. The third kappa shape index (κ3) is 2.28. The molecule has 4 heteroatoms. The number of nitrogens with one attached hydrogen (secondary N) is 1. The zero-order chi connectivity index (χ0) is 13.6. The number of rotatable bonds is 3. The highest BCUT2D eigenvalue weighted by Crippen LogP contribution is 2.46. The van der Waals surface area contributed by atoms with Crippen molar-refractivity contribution < 1.29 is 0 Å². The van der Waals surface area contributed by atoms with Crippen LogP contribution in [-0.2, 0) is 0 Å². The normalized spacial score (nSPS) is 20.2. The summed E-state index contributed by atoms with van der Waals surface area (Å²) in [5.41, 5.74) is 8.00. The number of fused-ring (bicyclic) bond motifs is 1. The second kappa shape index (κ2) is 4.17. The van der Waals surface area contributed by atoms with E-state index in [2.05, 4.69) is 24.1 Å². The van der Waals surface area contributed by atoms with Crippen molar-refractivity contribution in [2.45, 2.75) is 26.3 Å². The minimum Gasteiger partial charge on any atom is -0.389 e. The maximum atomic E-state index is 5.82. The molecule has 1 atom stereocenters. The average Bonchev–Trinajstić information content (AvgIpc) is 2.95. The standard InChI is InChI=1S/C15H17N3S/c1-15(2)8-12(15)18-13-7-10(14(16)19)9-5-3-4-6-11(9)17-13/h3-7,12H,8H2,1-2H3,(H2,16,19)(H,17,18). The third-order valence-corrected chi connectivity index (χ3v) is 4.04. The van der Waals surface area contributed by atoms with Crippen LogP contribution in [0.2, 0.25) is 0 Å². The molecule has 0 spiro atoms. The first-order valence-corrected chi connectivity index (χ1v) is 6.84. The van der Waals surface area contributed by atoms with Gasteiger partial charge in [0, 0.05) is 17.0 Å². The number of nitrogens with zero attached hydrogens (tertiary/aromatic N) is 1. The van der Waals surface area contributed by atoms with Gasteiger partial charge >= 0.3 is 0 Å². The lowest BCUT2D eigenvalue weighted by molar-refractivity contribution is 0.630. The molecule has 1 aromatic carbocycles. The third-order valence-electron chi connectivity index (χ3n) is 3.82. The molecule has 1 saturated carbocycles. The summed E-state index contributed by atoms with van der Waals surface area (Å²) in [6.07, 6.45) is 1.17.